The van der Waals surface area contributed by atoms with Gasteiger partial charge >= 0.3 is 12.1 Å². The van der Waals surface area contributed by atoms with Crippen molar-refractivity contribution in [3.05, 3.63) is 0 Å². The number of nitrogens with one attached hydrogen (secondary N) is 1. The summed E-state index contributed by atoms with van der Waals surface area (Å²) in [6.45, 7) is 2.08. The lowest BCUT2D eigenvalue weighted by molar-refractivity contribution is -0.147. The molecule has 0 saturated heterocycles. The average Bonchev–Trinajstić information content (AvgIpc) is 2.29. The maximum atomic E-state index is 11.5. The fourth-order valence-corrected chi connectivity index (χ4v) is 2.06. The van der Waals surface area contributed by atoms with Crippen molar-refractivity contribution in [1.82, 2.24) is 5.32 Å². The number of amides is 1. The molecule has 1 N–H and O–H groups in total. The number of carbonyl (C=O) groups excluding carboxylic acids is 2. The summed E-state index contributed by atoms with van der Waals surface area (Å²) < 4.78 is 9.53. The molecule has 5 heteroatoms. The van der Waals surface area contributed by atoms with Crippen molar-refractivity contribution in [2.24, 2.45) is 5.92 Å². The highest BCUT2D eigenvalue weighted by Crippen LogP contribution is 2.25. The van der Waals surface area contributed by atoms with E-state index in [0.717, 1.165) is 25.7 Å². The number of alkyl carbamates (subject to hydrolysis) is 1. The van der Waals surface area contributed by atoms with Crippen LogP contribution in [-0.4, -0.2) is 31.8 Å². The van der Waals surface area contributed by atoms with E-state index < -0.39 is 6.09 Å². The van der Waals surface area contributed by atoms with Crippen molar-refractivity contribution in [2.45, 2.75) is 38.6 Å². The standard InChI is InChI=1S/C11H19NO4/c1-3-16-11(14)12-9-7-5-4-6-8(9)10(13)15-2/h8-9H,3-7H2,1-2H3,(H,12,14)/t8-,9+/m1/s1. The van der Waals surface area contributed by atoms with E-state index in [1.54, 1.807) is 6.92 Å². The van der Waals surface area contributed by atoms with Crippen molar-refractivity contribution >= 4 is 12.1 Å². The van der Waals surface area contributed by atoms with E-state index in [0.29, 0.717) is 6.61 Å². The third-order valence-corrected chi connectivity index (χ3v) is 2.85. The van der Waals surface area contributed by atoms with Crippen LogP contribution in [0.4, 0.5) is 4.79 Å². The van der Waals surface area contributed by atoms with Gasteiger partial charge in [-0.15, -0.1) is 0 Å². The van der Waals surface area contributed by atoms with E-state index in [1.165, 1.54) is 7.11 Å². The Hall–Kier alpha value is -1.26. The molecule has 0 aromatic heterocycles. The Morgan fingerprint density at radius 2 is 2.00 bits per heavy atom. The van der Waals surface area contributed by atoms with Gasteiger partial charge in [-0.3, -0.25) is 4.79 Å². The van der Waals surface area contributed by atoms with Crippen molar-refractivity contribution in [3.63, 3.8) is 0 Å². The third kappa shape index (κ3) is 3.40. The van der Waals surface area contributed by atoms with Gasteiger partial charge in [-0.2, -0.15) is 0 Å². The van der Waals surface area contributed by atoms with Gasteiger partial charge in [0.2, 0.25) is 0 Å². The Kier molecular flexibility index (Phi) is 5.08. The van der Waals surface area contributed by atoms with Crippen LogP contribution < -0.4 is 5.32 Å². The molecule has 1 aliphatic carbocycles. The SMILES string of the molecule is CCOC(=O)N[C@H]1CCCC[C@H]1C(=O)OC. The van der Waals surface area contributed by atoms with Crippen LogP contribution in [0, 0.1) is 5.92 Å². The third-order valence-electron chi connectivity index (χ3n) is 2.85. The molecule has 1 aliphatic rings. The van der Waals surface area contributed by atoms with Crippen LogP contribution >= 0.6 is 0 Å². The Labute approximate surface area is 95.5 Å². The lowest BCUT2D eigenvalue weighted by atomic mass is 9.84. The molecule has 1 saturated carbocycles. The van der Waals surface area contributed by atoms with Gasteiger partial charge in [0.05, 0.1) is 19.6 Å². The van der Waals surface area contributed by atoms with Gasteiger partial charge in [0.1, 0.15) is 0 Å². The van der Waals surface area contributed by atoms with Gasteiger partial charge in [-0.25, -0.2) is 4.79 Å². The number of hydrogen-bond acceptors (Lipinski definition) is 4. The van der Waals surface area contributed by atoms with E-state index >= 15 is 0 Å². The molecule has 0 spiro atoms. The predicted molar refractivity (Wildman–Crippen MR) is 57.9 cm³/mol. The van der Waals surface area contributed by atoms with Crippen LogP contribution in [0.5, 0.6) is 0 Å². The first-order valence-corrected chi connectivity index (χ1v) is 5.70. The summed E-state index contributed by atoms with van der Waals surface area (Å²) in [7, 11) is 1.37. The Morgan fingerprint density at radius 1 is 1.31 bits per heavy atom. The van der Waals surface area contributed by atoms with Crippen molar-refractivity contribution in [3.8, 4) is 0 Å². The fraction of sp³-hybridized carbons (Fsp3) is 0.818. The second-order valence-corrected chi connectivity index (χ2v) is 3.89. The molecule has 0 unspecified atom stereocenters. The van der Waals surface area contributed by atoms with Crippen LogP contribution in [0.2, 0.25) is 0 Å². The van der Waals surface area contributed by atoms with Crippen molar-refractivity contribution in [2.75, 3.05) is 13.7 Å². The molecule has 2 atom stereocenters. The minimum atomic E-state index is -0.455. The molecular weight excluding hydrogens is 210 g/mol. The van der Waals surface area contributed by atoms with Gasteiger partial charge in [-0.1, -0.05) is 12.8 Å². The first-order valence-electron chi connectivity index (χ1n) is 5.70. The minimum Gasteiger partial charge on any atom is -0.469 e. The highest BCUT2D eigenvalue weighted by atomic mass is 16.5. The smallest absolute Gasteiger partial charge is 0.407 e. The number of methoxy groups -OCH3 is 1. The minimum absolute atomic E-state index is 0.153. The maximum Gasteiger partial charge on any atom is 0.407 e. The average molecular weight is 229 g/mol. The normalized spacial score (nSPS) is 24.6. The number of hydrogen-bond donors (Lipinski definition) is 1. The summed E-state index contributed by atoms with van der Waals surface area (Å²) in [4.78, 5) is 22.8. The highest BCUT2D eigenvalue weighted by molar-refractivity contribution is 5.75. The number of rotatable bonds is 3. The molecule has 0 aliphatic heterocycles. The summed E-state index contributed by atoms with van der Waals surface area (Å²) in [6, 6.07) is -0.153. The van der Waals surface area contributed by atoms with E-state index in [1.807, 2.05) is 0 Å². The van der Waals surface area contributed by atoms with Gasteiger partial charge in [-0.05, 0) is 19.8 Å². The highest BCUT2D eigenvalue weighted by Gasteiger charge is 2.32. The topological polar surface area (TPSA) is 64.6 Å². The second-order valence-electron chi connectivity index (χ2n) is 3.89. The number of ether oxygens (including phenoxy) is 2. The quantitative estimate of drug-likeness (QED) is 0.744. The lowest BCUT2D eigenvalue weighted by Gasteiger charge is -2.29. The number of carbonyl (C=O) groups is 2. The van der Waals surface area contributed by atoms with Crippen LogP contribution in [0.25, 0.3) is 0 Å². The van der Waals surface area contributed by atoms with Crippen molar-refractivity contribution in [1.29, 1.82) is 0 Å². The largest absolute Gasteiger partial charge is 0.469 e. The lowest BCUT2D eigenvalue weighted by Crippen LogP contribution is -2.45. The molecule has 0 heterocycles. The van der Waals surface area contributed by atoms with E-state index in [9.17, 15) is 9.59 Å². The van der Waals surface area contributed by atoms with E-state index in [-0.39, 0.29) is 17.9 Å². The van der Waals surface area contributed by atoms with Crippen LogP contribution in [0.1, 0.15) is 32.6 Å². The van der Waals surface area contributed by atoms with Gasteiger partial charge in [0.25, 0.3) is 0 Å². The number of esters is 1. The van der Waals surface area contributed by atoms with Crippen LogP contribution in [0.15, 0.2) is 0 Å². The zero-order chi connectivity index (χ0) is 12.0. The molecule has 1 amide bonds. The molecule has 0 aromatic rings. The van der Waals surface area contributed by atoms with Crippen molar-refractivity contribution < 1.29 is 19.1 Å². The summed E-state index contributed by atoms with van der Waals surface area (Å²) in [6.07, 6.45) is 3.14. The Morgan fingerprint density at radius 3 is 2.62 bits per heavy atom. The molecule has 1 fully saturated rings. The zero-order valence-corrected chi connectivity index (χ0v) is 9.82. The van der Waals surface area contributed by atoms with E-state index in [4.69, 9.17) is 9.47 Å². The molecule has 0 radical (unpaired) electrons. The van der Waals surface area contributed by atoms with Gasteiger partial charge < -0.3 is 14.8 Å². The van der Waals surface area contributed by atoms with Crippen LogP contribution in [-0.2, 0) is 14.3 Å². The molecule has 1 rings (SSSR count). The second kappa shape index (κ2) is 6.35. The maximum absolute atomic E-state index is 11.5. The molecular formula is C11H19NO4. The summed E-state index contributed by atoms with van der Waals surface area (Å²) in [5, 5.41) is 2.72. The van der Waals surface area contributed by atoms with Gasteiger partial charge in [0, 0.05) is 6.04 Å². The Balaban J connectivity index is 2.53. The molecule has 92 valence electrons. The summed E-state index contributed by atoms with van der Waals surface area (Å²) in [5.74, 6) is -0.482. The Bertz CT molecular complexity index is 254. The first kappa shape index (κ1) is 12.8. The molecule has 0 bridgehead atoms. The zero-order valence-electron chi connectivity index (χ0n) is 9.82. The van der Waals surface area contributed by atoms with E-state index in [2.05, 4.69) is 5.32 Å². The first-order chi connectivity index (χ1) is 7.69. The molecule has 5 nitrogen and oxygen atoms in total. The summed E-state index contributed by atoms with van der Waals surface area (Å²) in [5.41, 5.74) is 0. The summed E-state index contributed by atoms with van der Waals surface area (Å²) >= 11 is 0. The molecule has 0 aromatic carbocycles. The predicted octanol–water partition coefficient (Wildman–Crippen LogP) is 1.46. The van der Waals surface area contributed by atoms with Crippen LogP contribution in [0.3, 0.4) is 0 Å². The molecule has 16 heavy (non-hydrogen) atoms. The van der Waals surface area contributed by atoms with Gasteiger partial charge in [0.15, 0.2) is 0 Å². The monoisotopic (exact) mass is 229 g/mol. The fourth-order valence-electron chi connectivity index (χ4n) is 2.06.